The molecule has 0 spiro atoms. The maximum Gasteiger partial charge on any atom is 0.238 e. The summed E-state index contributed by atoms with van der Waals surface area (Å²) in [6.45, 7) is 5.17. The number of nitrogens with two attached hydrogens (primary N) is 1. The summed E-state index contributed by atoms with van der Waals surface area (Å²) < 4.78 is 0. The van der Waals surface area contributed by atoms with Crippen LogP contribution in [-0.2, 0) is 4.79 Å². The molecule has 0 aliphatic heterocycles. The monoisotopic (exact) mass is 312 g/mol. The fourth-order valence-electron chi connectivity index (χ4n) is 1.97. The van der Waals surface area contributed by atoms with Crippen LogP contribution in [0.1, 0.15) is 13.3 Å². The zero-order valence-electron chi connectivity index (χ0n) is 13.0. The molecule has 1 aromatic carbocycles. The molecule has 0 radical (unpaired) electrons. The van der Waals surface area contributed by atoms with Gasteiger partial charge in [-0.3, -0.25) is 9.69 Å². The molecule has 21 heavy (non-hydrogen) atoms. The molecule has 0 saturated carbocycles. The molecule has 0 aliphatic rings. The predicted molar refractivity (Wildman–Crippen MR) is 89.8 cm³/mol. The number of nitrogen functional groups attached to an aromatic ring is 1. The Morgan fingerprint density at radius 2 is 2.00 bits per heavy atom. The molecule has 3 N–H and O–H groups in total. The molecular formula is C15H25ClN4O. The van der Waals surface area contributed by atoms with Crippen molar-refractivity contribution in [3.05, 3.63) is 23.2 Å². The summed E-state index contributed by atoms with van der Waals surface area (Å²) in [6.07, 6.45) is 1.02. The fourth-order valence-corrected chi connectivity index (χ4v) is 2.15. The van der Waals surface area contributed by atoms with Crippen molar-refractivity contribution >= 4 is 28.9 Å². The molecule has 1 rings (SSSR count). The maximum atomic E-state index is 12.1. The average molecular weight is 313 g/mol. The molecule has 0 unspecified atom stereocenters. The van der Waals surface area contributed by atoms with Crippen LogP contribution in [0, 0.1) is 0 Å². The lowest BCUT2D eigenvalue weighted by Gasteiger charge is -2.23. The largest absolute Gasteiger partial charge is 0.397 e. The Balaban J connectivity index is 2.56. The van der Waals surface area contributed by atoms with E-state index in [1.807, 2.05) is 14.1 Å². The van der Waals surface area contributed by atoms with Crippen LogP contribution in [0.5, 0.6) is 0 Å². The predicted octanol–water partition coefficient (Wildman–Crippen LogP) is 2.13. The standard InChI is InChI=1S/C15H25ClN4O/c1-4-7-20(9-8-19(2)3)11-15(21)18-14-6-5-12(16)10-13(14)17/h5-6,10H,4,7-9,11,17H2,1-3H3,(H,18,21). The van der Waals surface area contributed by atoms with Gasteiger partial charge >= 0.3 is 0 Å². The van der Waals surface area contributed by atoms with Gasteiger partial charge in [-0.25, -0.2) is 0 Å². The van der Waals surface area contributed by atoms with Gasteiger partial charge in [-0.2, -0.15) is 0 Å². The summed E-state index contributed by atoms with van der Waals surface area (Å²) in [5.74, 6) is -0.0590. The van der Waals surface area contributed by atoms with Crippen molar-refractivity contribution in [2.45, 2.75) is 13.3 Å². The van der Waals surface area contributed by atoms with Gasteiger partial charge in [0.05, 0.1) is 17.9 Å². The second kappa shape index (κ2) is 8.87. The molecule has 6 heteroatoms. The third-order valence-electron chi connectivity index (χ3n) is 3.06. The summed E-state index contributed by atoms with van der Waals surface area (Å²) in [5, 5.41) is 3.40. The van der Waals surface area contributed by atoms with Gasteiger partial charge in [-0.15, -0.1) is 0 Å². The first kappa shape index (κ1) is 17.8. The van der Waals surface area contributed by atoms with Crippen LogP contribution in [0.4, 0.5) is 11.4 Å². The maximum absolute atomic E-state index is 12.1. The van der Waals surface area contributed by atoms with Crippen molar-refractivity contribution in [1.82, 2.24) is 9.80 Å². The highest BCUT2D eigenvalue weighted by Gasteiger charge is 2.11. The number of anilines is 2. The second-order valence-electron chi connectivity index (χ2n) is 5.36. The fraction of sp³-hybridized carbons (Fsp3) is 0.533. The van der Waals surface area contributed by atoms with Gasteiger partial charge in [-0.05, 0) is 45.3 Å². The molecule has 0 saturated heterocycles. The first-order valence-corrected chi connectivity index (χ1v) is 7.52. The van der Waals surface area contributed by atoms with Crippen LogP contribution in [0.2, 0.25) is 5.02 Å². The van der Waals surface area contributed by atoms with Gasteiger partial charge in [0.25, 0.3) is 0 Å². The Kier molecular flexibility index (Phi) is 7.50. The van der Waals surface area contributed by atoms with E-state index in [-0.39, 0.29) is 5.91 Å². The third-order valence-corrected chi connectivity index (χ3v) is 3.29. The molecule has 1 aromatic rings. The van der Waals surface area contributed by atoms with Crippen LogP contribution >= 0.6 is 11.6 Å². The Morgan fingerprint density at radius 1 is 1.29 bits per heavy atom. The Labute approximate surface area is 132 Å². The molecule has 0 aliphatic carbocycles. The third kappa shape index (κ3) is 6.80. The SMILES string of the molecule is CCCN(CCN(C)C)CC(=O)Nc1ccc(Cl)cc1N. The zero-order valence-corrected chi connectivity index (χ0v) is 13.8. The summed E-state index contributed by atoms with van der Waals surface area (Å²) in [6, 6.07) is 5.07. The number of halogens is 1. The van der Waals surface area contributed by atoms with Gasteiger partial charge in [0.15, 0.2) is 0 Å². The van der Waals surface area contributed by atoms with Crippen molar-refractivity contribution in [1.29, 1.82) is 0 Å². The minimum Gasteiger partial charge on any atom is -0.397 e. The van der Waals surface area contributed by atoms with Crippen LogP contribution in [0.25, 0.3) is 0 Å². The first-order chi connectivity index (χ1) is 9.92. The lowest BCUT2D eigenvalue weighted by molar-refractivity contribution is -0.117. The molecule has 118 valence electrons. The van der Waals surface area contributed by atoms with E-state index in [1.54, 1.807) is 18.2 Å². The lowest BCUT2D eigenvalue weighted by Crippen LogP contribution is -2.38. The first-order valence-electron chi connectivity index (χ1n) is 7.14. The summed E-state index contributed by atoms with van der Waals surface area (Å²) in [5.41, 5.74) is 6.92. The number of carbonyl (C=O) groups excluding carboxylic acids is 1. The quantitative estimate of drug-likeness (QED) is 0.722. The molecule has 1 amide bonds. The van der Waals surface area contributed by atoms with E-state index in [0.29, 0.717) is 22.9 Å². The Hall–Kier alpha value is -1.30. The minimum atomic E-state index is -0.0590. The smallest absolute Gasteiger partial charge is 0.238 e. The highest BCUT2D eigenvalue weighted by molar-refractivity contribution is 6.31. The zero-order chi connectivity index (χ0) is 15.8. The lowest BCUT2D eigenvalue weighted by atomic mass is 10.2. The number of benzene rings is 1. The van der Waals surface area contributed by atoms with Crippen LogP contribution in [-0.4, -0.2) is 56.0 Å². The van der Waals surface area contributed by atoms with Gasteiger partial charge in [0, 0.05) is 18.1 Å². The van der Waals surface area contributed by atoms with Gasteiger partial charge in [-0.1, -0.05) is 18.5 Å². The van der Waals surface area contributed by atoms with Crippen LogP contribution in [0.3, 0.4) is 0 Å². The van der Waals surface area contributed by atoms with Crippen molar-refractivity contribution in [3.63, 3.8) is 0 Å². The molecule has 0 atom stereocenters. The molecule has 5 nitrogen and oxygen atoms in total. The number of nitrogens with zero attached hydrogens (tertiary/aromatic N) is 2. The molecule has 0 heterocycles. The molecule has 0 fully saturated rings. The Morgan fingerprint density at radius 3 is 2.57 bits per heavy atom. The number of likely N-dealkylation sites (N-methyl/N-ethyl adjacent to an activating group) is 1. The van der Waals surface area contributed by atoms with Crippen LogP contribution < -0.4 is 11.1 Å². The molecule has 0 aromatic heterocycles. The number of nitrogens with one attached hydrogen (secondary N) is 1. The number of rotatable bonds is 8. The van der Waals surface area contributed by atoms with E-state index in [9.17, 15) is 4.79 Å². The van der Waals surface area contributed by atoms with E-state index < -0.39 is 0 Å². The minimum absolute atomic E-state index is 0.0590. The van der Waals surface area contributed by atoms with E-state index in [0.717, 1.165) is 26.1 Å². The molecular weight excluding hydrogens is 288 g/mol. The van der Waals surface area contributed by atoms with E-state index >= 15 is 0 Å². The summed E-state index contributed by atoms with van der Waals surface area (Å²) in [4.78, 5) is 16.4. The van der Waals surface area contributed by atoms with Gasteiger partial charge in [0.2, 0.25) is 5.91 Å². The molecule has 0 bridgehead atoms. The van der Waals surface area contributed by atoms with Crippen molar-refractivity contribution < 1.29 is 4.79 Å². The number of hydrogen-bond acceptors (Lipinski definition) is 4. The number of amides is 1. The van der Waals surface area contributed by atoms with E-state index in [4.69, 9.17) is 17.3 Å². The highest BCUT2D eigenvalue weighted by atomic mass is 35.5. The number of hydrogen-bond donors (Lipinski definition) is 2. The van der Waals surface area contributed by atoms with Gasteiger partial charge < -0.3 is 16.0 Å². The summed E-state index contributed by atoms with van der Waals surface area (Å²) in [7, 11) is 4.05. The summed E-state index contributed by atoms with van der Waals surface area (Å²) >= 11 is 5.84. The number of carbonyl (C=O) groups is 1. The van der Waals surface area contributed by atoms with E-state index in [2.05, 4.69) is 22.0 Å². The topological polar surface area (TPSA) is 61.6 Å². The average Bonchev–Trinajstić information content (AvgIpc) is 2.39. The highest BCUT2D eigenvalue weighted by Crippen LogP contribution is 2.22. The normalized spacial score (nSPS) is 11.1. The Bertz CT molecular complexity index is 465. The van der Waals surface area contributed by atoms with Crippen molar-refractivity contribution in [2.24, 2.45) is 0 Å². The van der Waals surface area contributed by atoms with E-state index in [1.165, 1.54) is 0 Å². The van der Waals surface area contributed by atoms with Crippen LogP contribution in [0.15, 0.2) is 18.2 Å². The van der Waals surface area contributed by atoms with Crippen molar-refractivity contribution in [2.75, 3.05) is 51.3 Å². The second-order valence-corrected chi connectivity index (χ2v) is 5.80. The van der Waals surface area contributed by atoms with Gasteiger partial charge in [0.1, 0.15) is 0 Å². The van der Waals surface area contributed by atoms with Crippen molar-refractivity contribution in [3.8, 4) is 0 Å².